The highest BCUT2D eigenvalue weighted by Gasteiger charge is 2.27. The van der Waals surface area contributed by atoms with Gasteiger partial charge >= 0.3 is 0 Å². The summed E-state index contributed by atoms with van der Waals surface area (Å²) in [6.07, 6.45) is 6.21. The Morgan fingerprint density at radius 1 is 1.26 bits per heavy atom. The molecule has 0 unspecified atom stereocenters. The number of methoxy groups -OCH3 is 1. The minimum absolute atomic E-state index is 0.220. The van der Waals surface area contributed by atoms with Crippen LogP contribution in [0.3, 0.4) is 0 Å². The molecule has 0 aromatic heterocycles. The van der Waals surface area contributed by atoms with Crippen molar-refractivity contribution in [1.29, 1.82) is 0 Å². The monoisotopic (exact) mass is 267 g/mol. The summed E-state index contributed by atoms with van der Waals surface area (Å²) < 4.78 is 18.2. The third-order valence-electron chi connectivity index (χ3n) is 3.81. The van der Waals surface area contributed by atoms with Gasteiger partial charge in [0.1, 0.15) is 0 Å². The lowest BCUT2D eigenvalue weighted by atomic mass is 9.94. The molecule has 0 radical (unpaired) electrons. The lowest BCUT2D eigenvalue weighted by Gasteiger charge is -2.27. The molecule has 1 fully saturated rings. The van der Waals surface area contributed by atoms with E-state index in [2.05, 4.69) is 5.32 Å². The van der Waals surface area contributed by atoms with Gasteiger partial charge in [-0.15, -0.1) is 0 Å². The second-order valence-electron chi connectivity index (χ2n) is 5.34. The van der Waals surface area contributed by atoms with E-state index in [0.717, 1.165) is 31.4 Å². The van der Waals surface area contributed by atoms with Crippen molar-refractivity contribution in [2.24, 2.45) is 0 Å². The van der Waals surface area contributed by atoms with E-state index < -0.39 is 5.60 Å². The molecule has 4 heteroatoms. The van der Waals surface area contributed by atoms with Gasteiger partial charge in [-0.05, 0) is 25.0 Å². The standard InChI is InChI=1S/C15H22FNO2/c1-19-14-10-12(6-7-13(14)16)17-11-15(18)8-4-2-3-5-9-15/h6-7,10,17-18H,2-5,8-9,11H2,1H3. The Morgan fingerprint density at radius 3 is 2.58 bits per heavy atom. The number of anilines is 1. The first-order valence-electron chi connectivity index (χ1n) is 6.93. The molecule has 2 N–H and O–H groups in total. The summed E-state index contributed by atoms with van der Waals surface area (Å²) >= 11 is 0. The van der Waals surface area contributed by atoms with Crippen LogP contribution in [0.25, 0.3) is 0 Å². The highest BCUT2D eigenvalue weighted by molar-refractivity contribution is 5.49. The van der Waals surface area contributed by atoms with Crippen molar-refractivity contribution in [1.82, 2.24) is 0 Å². The van der Waals surface area contributed by atoms with Crippen LogP contribution in [0.4, 0.5) is 10.1 Å². The molecule has 106 valence electrons. The molecule has 1 aliphatic carbocycles. The van der Waals surface area contributed by atoms with E-state index in [1.165, 1.54) is 26.0 Å². The van der Waals surface area contributed by atoms with Gasteiger partial charge in [0.15, 0.2) is 11.6 Å². The molecular weight excluding hydrogens is 245 g/mol. The maximum atomic E-state index is 13.3. The van der Waals surface area contributed by atoms with Crippen LogP contribution < -0.4 is 10.1 Å². The van der Waals surface area contributed by atoms with Crippen LogP contribution in [0.2, 0.25) is 0 Å². The molecule has 0 bridgehead atoms. The van der Waals surface area contributed by atoms with Crippen LogP contribution in [0.5, 0.6) is 5.75 Å². The molecule has 0 heterocycles. The third kappa shape index (κ3) is 3.83. The summed E-state index contributed by atoms with van der Waals surface area (Å²) in [5.41, 5.74) is 0.133. The van der Waals surface area contributed by atoms with Crippen LogP contribution in [0, 0.1) is 5.82 Å². The van der Waals surface area contributed by atoms with E-state index in [1.54, 1.807) is 12.1 Å². The van der Waals surface area contributed by atoms with Crippen molar-refractivity contribution < 1.29 is 14.2 Å². The number of aliphatic hydroxyl groups is 1. The van der Waals surface area contributed by atoms with E-state index in [4.69, 9.17) is 4.74 Å². The Balaban J connectivity index is 1.97. The van der Waals surface area contributed by atoms with Crippen molar-refractivity contribution in [3.63, 3.8) is 0 Å². The molecule has 1 saturated carbocycles. The van der Waals surface area contributed by atoms with Gasteiger partial charge in [0.05, 0.1) is 12.7 Å². The maximum Gasteiger partial charge on any atom is 0.165 e. The maximum absolute atomic E-state index is 13.3. The fraction of sp³-hybridized carbons (Fsp3) is 0.600. The van der Waals surface area contributed by atoms with E-state index in [9.17, 15) is 9.50 Å². The first-order valence-corrected chi connectivity index (χ1v) is 6.93. The fourth-order valence-corrected chi connectivity index (χ4v) is 2.60. The number of rotatable bonds is 4. The Bertz CT molecular complexity index is 415. The van der Waals surface area contributed by atoms with Gasteiger partial charge in [-0.2, -0.15) is 0 Å². The molecule has 0 spiro atoms. The Morgan fingerprint density at radius 2 is 1.95 bits per heavy atom. The molecule has 1 aliphatic rings. The zero-order valence-corrected chi connectivity index (χ0v) is 11.4. The van der Waals surface area contributed by atoms with Crippen LogP contribution in [0.15, 0.2) is 18.2 Å². The van der Waals surface area contributed by atoms with Crippen molar-refractivity contribution in [3.05, 3.63) is 24.0 Å². The van der Waals surface area contributed by atoms with Crippen molar-refractivity contribution >= 4 is 5.69 Å². The summed E-state index contributed by atoms with van der Waals surface area (Å²) in [5.74, 6) is -0.154. The highest BCUT2D eigenvalue weighted by Crippen LogP contribution is 2.28. The van der Waals surface area contributed by atoms with Gasteiger partial charge in [-0.25, -0.2) is 4.39 Å². The lowest BCUT2D eigenvalue weighted by Crippen LogP contribution is -2.36. The van der Waals surface area contributed by atoms with Crippen LogP contribution in [0.1, 0.15) is 38.5 Å². The second-order valence-corrected chi connectivity index (χ2v) is 5.34. The summed E-state index contributed by atoms with van der Waals surface area (Å²) in [6, 6.07) is 4.66. The van der Waals surface area contributed by atoms with Crippen LogP contribution in [-0.4, -0.2) is 24.4 Å². The third-order valence-corrected chi connectivity index (χ3v) is 3.81. The van der Waals surface area contributed by atoms with Crippen LogP contribution in [-0.2, 0) is 0 Å². The Labute approximate surface area is 113 Å². The van der Waals surface area contributed by atoms with Gasteiger partial charge in [-0.1, -0.05) is 25.7 Å². The lowest BCUT2D eigenvalue weighted by molar-refractivity contribution is 0.0381. The Hall–Kier alpha value is -1.29. The molecule has 3 nitrogen and oxygen atoms in total. The predicted octanol–water partition coefficient (Wildman–Crippen LogP) is 3.33. The second kappa shape index (κ2) is 6.24. The predicted molar refractivity (Wildman–Crippen MR) is 74.1 cm³/mol. The van der Waals surface area contributed by atoms with Crippen LogP contribution >= 0.6 is 0 Å². The number of halogens is 1. The topological polar surface area (TPSA) is 41.5 Å². The van der Waals surface area contributed by atoms with Crippen molar-refractivity contribution in [2.45, 2.75) is 44.1 Å². The quantitative estimate of drug-likeness (QED) is 0.822. The summed E-state index contributed by atoms with van der Waals surface area (Å²) in [6.45, 7) is 0.502. The number of benzene rings is 1. The van der Waals surface area contributed by atoms with E-state index >= 15 is 0 Å². The average Bonchev–Trinajstić information content (AvgIpc) is 2.63. The summed E-state index contributed by atoms with van der Waals surface area (Å²) in [7, 11) is 1.45. The largest absolute Gasteiger partial charge is 0.494 e. The smallest absolute Gasteiger partial charge is 0.165 e. The molecule has 1 aromatic carbocycles. The van der Waals surface area contributed by atoms with Gasteiger partial charge in [-0.3, -0.25) is 0 Å². The molecule has 0 saturated heterocycles. The fourth-order valence-electron chi connectivity index (χ4n) is 2.60. The average molecular weight is 267 g/mol. The highest BCUT2D eigenvalue weighted by atomic mass is 19.1. The molecular formula is C15H22FNO2. The SMILES string of the molecule is COc1cc(NCC2(O)CCCCCC2)ccc1F. The van der Waals surface area contributed by atoms with Crippen molar-refractivity contribution in [3.8, 4) is 5.75 Å². The Kier molecular flexibility index (Phi) is 4.64. The number of nitrogens with one attached hydrogen (secondary N) is 1. The number of hydrogen-bond acceptors (Lipinski definition) is 3. The molecule has 0 amide bonds. The molecule has 19 heavy (non-hydrogen) atoms. The summed E-state index contributed by atoms with van der Waals surface area (Å²) in [4.78, 5) is 0. The molecule has 1 aromatic rings. The minimum Gasteiger partial charge on any atom is -0.494 e. The van der Waals surface area contributed by atoms with Gasteiger partial charge in [0.25, 0.3) is 0 Å². The molecule has 2 rings (SSSR count). The molecule has 0 aliphatic heterocycles. The van der Waals surface area contributed by atoms with E-state index in [1.807, 2.05) is 0 Å². The van der Waals surface area contributed by atoms with E-state index in [-0.39, 0.29) is 11.6 Å². The normalized spacial score (nSPS) is 18.7. The zero-order valence-electron chi connectivity index (χ0n) is 11.4. The summed E-state index contributed by atoms with van der Waals surface area (Å²) in [5, 5.41) is 13.7. The minimum atomic E-state index is -0.641. The van der Waals surface area contributed by atoms with Gasteiger partial charge in [0, 0.05) is 18.3 Å². The van der Waals surface area contributed by atoms with E-state index in [0.29, 0.717) is 6.54 Å². The zero-order chi connectivity index (χ0) is 13.7. The molecule has 0 atom stereocenters. The number of hydrogen-bond donors (Lipinski definition) is 2. The number of ether oxygens (including phenoxy) is 1. The first kappa shape index (κ1) is 14.1. The van der Waals surface area contributed by atoms with Gasteiger partial charge in [0.2, 0.25) is 0 Å². The van der Waals surface area contributed by atoms with Gasteiger partial charge < -0.3 is 15.2 Å². The first-order chi connectivity index (χ1) is 9.13. The van der Waals surface area contributed by atoms with Crippen molar-refractivity contribution in [2.75, 3.05) is 19.0 Å².